The smallest absolute Gasteiger partial charge is 0.321 e. The molecule has 1 unspecified atom stereocenters. The molecule has 1 aliphatic rings. The Labute approximate surface area is 190 Å². The summed E-state index contributed by atoms with van der Waals surface area (Å²) < 4.78 is 5.31. The molecule has 0 spiro atoms. The van der Waals surface area contributed by atoms with Crippen molar-refractivity contribution in [1.29, 1.82) is 0 Å². The van der Waals surface area contributed by atoms with Crippen molar-refractivity contribution in [3.05, 3.63) is 41.0 Å². The summed E-state index contributed by atoms with van der Waals surface area (Å²) in [5.74, 6) is 1.70. The molecule has 0 saturated carbocycles. The van der Waals surface area contributed by atoms with E-state index < -0.39 is 0 Å². The van der Waals surface area contributed by atoms with Crippen molar-refractivity contribution in [1.82, 2.24) is 19.9 Å². The molecular formula is C24H35N5O3. The average Bonchev–Trinajstić information content (AvgIpc) is 3.16. The van der Waals surface area contributed by atoms with Crippen molar-refractivity contribution in [2.45, 2.75) is 66.3 Å². The molecule has 8 nitrogen and oxygen atoms in total. The first-order valence-electron chi connectivity index (χ1n) is 11.4. The summed E-state index contributed by atoms with van der Waals surface area (Å²) >= 11 is 0. The van der Waals surface area contributed by atoms with Gasteiger partial charge in [0.15, 0.2) is 5.82 Å². The zero-order valence-electron chi connectivity index (χ0n) is 19.9. The van der Waals surface area contributed by atoms with Gasteiger partial charge in [-0.1, -0.05) is 36.7 Å². The second kappa shape index (κ2) is 10.6. The largest absolute Gasteiger partial charge is 0.339 e. The Morgan fingerprint density at radius 1 is 1.31 bits per heavy atom. The number of aryl methyl sites for hydroxylation is 2. The van der Waals surface area contributed by atoms with Gasteiger partial charge in [0.05, 0.1) is 0 Å². The van der Waals surface area contributed by atoms with Crippen molar-refractivity contribution >= 4 is 17.6 Å². The summed E-state index contributed by atoms with van der Waals surface area (Å²) in [6.07, 6.45) is 3.01. The van der Waals surface area contributed by atoms with E-state index in [1.54, 1.807) is 11.8 Å². The van der Waals surface area contributed by atoms with Gasteiger partial charge in [-0.05, 0) is 44.2 Å². The van der Waals surface area contributed by atoms with Gasteiger partial charge >= 0.3 is 6.03 Å². The fourth-order valence-corrected chi connectivity index (χ4v) is 4.18. The van der Waals surface area contributed by atoms with E-state index in [9.17, 15) is 9.59 Å². The van der Waals surface area contributed by atoms with Gasteiger partial charge in [-0.25, -0.2) is 4.79 Å². The Kier molecular flexibility index (Phi) is 7.88. The van der Waals surface area contributed by atoms with Crippen LogP contribution in [0.3, 0.4) is 0 Å². The second-order valence-corrected chi connectivity index (χ2v) is 9.16. The van der Waals surface area contributed by atoms with Gasteiger partial charge in [-0.15, -0.1) is 0 Å². The minimum Gasteiger partial charge on any atom is -0.339 e. The molecular weight excluding hydrogens is 406 g/mol. The summed E-state index contributed by atoms with van der Waals surface area (Å²) in [6, 6.07) is 5.83. The highest BCUT2D eigenvalue weighted by Crippen LogP contribution is 2.20. The monoisotopic (exact) mass is 441 g/mol. The fourth-order valence-electron chi connectivity index (χ4n) is 4.18. The van der Waals surface area contributed by atoms with Crippen LogP contribution in [0.1, 0.15) is 56.5 Å². The van der Waals surface area contributed by atoms with E-state index in [0.29, 0.717) is 43.7 Å². The standard InChI is InChI=1S/C24H35N5O3/c1-16(2)13-23-26-22(27-32-23)10-12-29(19(5)30)20-7-6-11-28(15-20)24(31)25-21-9-8-17(3)14-18(21)4/h8-9,14,16,20H,6-7,10-13,15H2,1-5H3,(H,25,31). The van der Waals surface area contributed by atoms with Crippen LogP contribution >= 0.6 is 0 Å². The van der Waals surface area contributed by atoms with Crippen molar-refractivity contribution < 1.29 is 14.1 Å². The van der Waals surface area contributed by atoms with Crippen molar-refractivity contribution in [2.24, 2.45) is 5.92 Å². The summed E-state index contributed by atoms with van der Waals surface area (Å²) in [5.41, 5.74) is 3.02. The number of urea groups is 1. The third-order valence-electron chi connectivity index (χ3n) is 5.82. The van der Waals surface area contributed by atoms with E-state index in [-0.39, 0.29) is 18.0 Å². The van der Waals surface area contributed by atoms with Crippen LogP contribution in [0.5, 0.6) is 0 Å². The molecule has 1 aromatic heterocycles. The van der Waals surface area contributed by atoms with Crippen molar-refractivity contribution in [3.63, 3.8) is 0 Å². The third-order valence-corrected chi connectivity index (χ3v) is 5.82. The lowest BCUT2D eigenvalue weighted by Gasteiger charge is -2.39. The van der Waals surface area contributed by atoms with E-state index in [4.69, 9.17) is 4.52 Å². The van der Waals surface area contributed by atoms with Gasteiger partial charge in [-0.2, -0.15) is 4.98 Å². The van der Waals surface area contributed by atoms with Crippen LogP contribution in [0.2, 0.25) is 0 Å². The number of nitrogens with zero attached hydrogens (tertiary/aromatic N) is 4. The number of amides is 3. The molecule has 2 aromatic rings. The van der Waals surface area contributed by atoms with Crippen LogP contribution in [0, 0.1) is 19.8 Å². The fraction of sp³-hybridized carbons (Fsp3) is 0.583. The molecule has 2 heterocycles. The Morgan fingerprint density at radius 3 is 2.78 bits per heavy atom. The number of hydrogen-bond acceptors (Lipinski definition) is 5. The second-order valence-electron chi connectivity index (χ2n) is 9.16. The molecule has 1 fully saturated rings. The Hall–Kier alpha value is -2.90. The van der Waals surface area contributed by atoms with Gasteiger partial charge in [0.25, 0.3) is 0 Å². The first-order chi connectivity index (χ1) is 15.2. The van der Waals surface area contributed by atoms with Crippen molar-refractivity contribution in [3.8, 4) is 0 Å². The van der Waals surface area contributed by atoms with E-state index in [1.165, 1.54) is 0 Å². The quantitative estimate of drug-likeness (QED) is 0.702. The van der Waals surface area contributed by atoms with Gasteiger partial charge in [0, 0.05) is 51.1 Å². The molecule has 1 N–H and O–H groups in total. The number of benzene rings is 1. The predicted octanol–water partition coefficient (Wildman–Crippen LogP) is 3.97. The number of piperidine rings is 1. The Balaban J connectivity index is 1.60. The molecule has 1 aromatic carbocycles. The van der Waals surface area contributed by atoms with Crippen LogP contribution in [-0.4, -0.2) is 57.6 Å². The first-order valence-corrected chi connectivity index (χ1v) is 11.4. The maximum absolute atomic E-state index is 12.9. The van der Waals surface area contributed by atoms with E-state index in [0.717, 1.165) is 36.1 Å². The van der Waals surface area contributed by atoms with Gasteiger partial charge in [0.2, 0.25) is 11.8 Å². The zero-order chi connectivity index (χ0) is 23.3. The number of anilines is 1. The Bertz CT molecular complexity index is 939. The summed E-state index contributed by atoms with van der Waals surface area (Å²) in [6.45, 7) is 11.5. The summed E-state index contributed by atoms with van der Waals surface area (Å²) in [7, 11) is 0. The maximum Gasteiger partial charge on any atom is 0.321 e. The lowest BCUT2D eigenvalue weighted by molar-refractivity contribution is -0.132. The lowest BCUT2D eigenvalue weighted by Crippen LogP contribution is -2.52. The number of hydrogen-bond donors (Lipinski definition) is 1. The van der Waals surface area contributed by atoms with Gasteiger partial charge in [0.1, 0.15) is 0 Å². The highest BCUT2D eigenvalue weighted by molar-refractivity contribution is 5.90. The SMILES string of the molecule is CC(=O)N(CCc1noc(CC(C)C)n1)C1CCCN(C(=O)Nc2ccc(C)cc2C)C1. The molecule has 0 aliphatic carbocycles. The van der Waals surface area contributed by atoms with E-state index in [2.05, 4.69) is 35.4 Å². The molecule has 1 aliphatic heterocycles. The normalized spacial score (nSPS) is 16.3. The van der Waals surface area contributed by atoms with Crippen LogP contribution in [-0.2, 0) is 17.6 Å². The van der Waals surface area contributed by atoms with E-state index >= 15 is 0 Å². The number of rotatable bonds is 7. The molecule has 1 atom stereocenters. The van der Waals surface area contributed by atoms with Gasteiger partial charge < -0.3 is 19.6 Å². The molecule has 3 rings (SSSR count). The number of carbonyl (C=O) groups is 2. The highest BCUT2D eigenvalue weighted by Gasteiger charge is 2.29. The number of aromatic nitrogens is 2. The molecule has 0 radical (unpaired) electrons. The molecule has 32 heavy (non-hydrogen) atoms. The number of nitrogens with one attached hydrogen (secondary N) is 1. The molecule has 0 bridgehead atoms. The molecule has 8 heteroatoms. The molecule has 3 amide bonds. The predicted molar refractivity (Wildman–Crippen MR) is 123 cm³/mol. The minimum atomic E-state index is -0.123. The van der Waals surface area contributed by atoms with Crippen LogP contribution in [0.15, 0.2) is 22.7 Å². The highest BCUT2D eigenvalue weighted by atomic mass is 16.5. The van der Waals surface area contributed by atoms with Crippen LogP contribution < -0.4 is 5.32 Å². The average molecular weight is 442 g/mol. The van der Waals surface area contributed by atoms with E-state index in [1.807, 2.05) is 30.9 Å². The Morgan fingerprint density at radius 2 is 2.09 bits per heavy atom. The molecule has 174 valence electrons. The maximum atomic E-state index is 12.9. The van der Waals surface area contributed by atoms with Crippen molar-refractivity contribution in [2.75, 3.05) is 25.0 Å². The minimum absolute atomic E-state index is 0.00228. The third kappa shape index (κ3) is 6.31. The van der Waals surface area contributed by atoms with Gasteiger partial charge in [-0.3, -0.25) is 4.79 Å². The number of carbonyl (C=O) groups excluding carboxylic acids is 2. The zero-order valence-corrected chi connectivity index (χ0v) is 19.9. The summed E-state index contributed by atoms with van der Waals surface area (Å²) in [5, 5.41) is 7.07. The topological polar surface area (TPSA) is 91.6 Å². The van der Waals surface area contributed by atoms with Crippen LogP contribution in [0.4, 0.5) is 10.5 Å². The molecule has 1 saturated heterocycles. The van der Waals surface area contributed by atoms with Crippen LogP contribution in [0.25, 0.3) is 0 Å². The number of likely N-dealkylation sites (tertiary alicyclic amines) is 1. The lowest BCUT2D eigenvalue weighted by atomic mass is 10.0. The first kappa shape index (κ1) is 23.8. The summed E-state index contributed by atoms with van der Waals surface area (Å²) in [4.78, 5) is 33.4.